The SMILES string of the molecule is CCNC(c1cscn1)c1ccc(F)cc1C. The van der Waals surface area contributed by atoms with Gasteiger partial charge in [-0.05, 0) is 36.7 Å². The van der Waals surface area contributed by atoms with E-state index in [9.17, 15) is 4.39 Å². The first-order valence-electron chi connectivity index (χ1n) is 5.60. The molecule has 4 heteroatoms. The van der Waals surface area contributed by atoms with Gasteiger partial charge in [-0.1, -0.05) is 13.0 Å². The van der Waals surface area contributed by atoms with Gasteiger partial charge in [0.25, 0.3) is 0 Å². The van der Waals surface area contributed by atoms with Crippen LogP contribution in [0.2, 0.25) is 0 Å². The summed E-state index contributed by atoms with van der Waals surface area (Å²) in [5.41, 5.74) is 4.84. The standard InChI is InChI=1S/C13H15FN2S/c1-3-15-13(12-7-17-8-16-12)11-5-4-10(14)6-9(11)2/h4-8,13,15H,3H2,1-2H3. The number of nitrogens with zero attached hydrogens (tertiary/aromatic N) is 1. The zero-order chi connectivity index (χ0) is 12.3. The van der Waals surface area contributed by atoms with Gasteiger partial charge in [0.15, 0.2) is 0 Å². The maximum atomic E-state index is 13.1. The Labute approximate surface area is 105 Å². The third kappa shape index (κ3) is 2.70. The molecule has 90 valence electrons. The van der Waals surface area contributed by atoms with E-state index < -0.39 is 0 Å². The quantitative estimate of drug-likeness (QED) is 0.900. The van der Waals surface area contributed by atoms with Crippen molar-refractivity contribution in [2.75, 3.05) is 6.54 Å². The van der Waals surface area contributed by atoms with E-state index in [1.165, 1.54) is 6.07 Å². The van der Waals surface area contributed by atoms with E-state index in [1.54, 1.807) is 17.4 Å². The van der Waals surface area contributed by atoms with Gasteiger partial charge in [-0.25, -0.2) is 9.37 Å². The molecule has 2 aromatic rings. The van der Waals surface area contributed by atoms with Crippen LogP contribution in [0.4, 0.5) is 4.39 Å². The second-order valence-corrected chi connectivity index (χ2v) is 4.62. The third-order valence-corrected chi connectivity index (χ3v) is 3.30. The van der Waals surface area contributed by atoms with E-state index in [1.807, 2.05) is 23.9 Å². The molecule has 1 heterocycles. The average Bonchev–Trinajstić information content (AvgIpc) is 2.80. The molecule has 0 aliphatic carbocycles. The highest BCUT2D eigenvalue weighted by Crippen LogP contribution is 2.25. The van der Waals surface area contributed by atoms with Crippen molar-refractivity contribution in [3.63, 3.8) is 0 Å². The molecule has 0 saturated carbocycles. The molecule has 1 aromatic heterocycles. The molecule has 2 nitrogen and oxygen atoms in total. The van der Waals surface area contributed by atoms with Crippen molar-refractivity contribution in [2.24, 2.45) is 0 Å². The largest absolute Gasteiger partial charge is 0.305 e. The lowest BCUT2D eigenvalue weighted by Crippen LogP contribution is -2.23. The zero-order valence-corrected chi connectivity index (χ0v) is 10.7. The van der Waals surface area contributed by atoms with Crippen LogP contribution < -0.4 is 5.32 Å². The second-order valence-electron chi connectivity index (χ2n) is 3.90. The molecule has 1 aromatic carbocycles. The average molecular weight is 250 g/mol. The van der Waals surface area contributed by atoms with Crippen molar-refractivity contribution >= 4 is 11.3 Å². The van der Waals surface area contributed by atoms with Crippen LogP contribution in [0.1, 0.15) is 29.8 Å². The number of nitrogens with one attached hydrogen (secondary N) is 1. The highest BCUT2D eigenvalue weighted by atomic mass is 32.1. The molecule has 0 bridgehead atoms. The van der Waals surface area contributed by atoms with Crippen LogP contribution in [0.15, 0.2) is 29.1 Å². The Morgan fingerprint density at radius 3 is 2.88 bits per heavy atom. The molecule has 0 fully saturated rings. The van der Waals surface area contributed by atoms with E-state index >= 15 is 0 Å². The molecule has 0 amide bonds. The predicted octanol–water partition coefficient (Wildman–Crippen LogP) is 3.29. The Morgan fingerprint density at radius 1 is 1.47 bits per heavy atom. The van der Waals surface area contributed by atoms with Crippen LogP contribution in [0.5, 0.6) is 0 Å². The van der Waals surface area contributed by atoms with Crippen molar-refractivity contribution in [3.05, 3.63) is 51.7 Å². The minimum Gasteiger partial charge on any atom is -0.305 e. The summed E-state index contributed by atoms with van der Waals surface area (Å²) in [6.45, 7) is 4.83. The van der Waals surface area contributed by atoms with Crippen LogP contribution in [-0.4, -0.2) is 11.5 Å². The van der Waals surface area contributed by atoms with Crippen LogP contribution >= 0.6 is 11.3 Å². The van der Waals surface area contributed by atoms with Gasteiger partial charge in [0.2, 0.25) is 0 Å². The highest BCUT2D eigenvalue weighted by molar-refractivity contribution is 7.07. The molecular weight excluding hydrogens is 235 g/mol. The van der Waals surface area contributed by atoms with Crippen LogP contribution in [0.25, 0.3) is 0 Å². The summed E-state index contributed by atoms with van der Waals surface area (Å²) in [4.78, 5) is 4.34. The first-order valence-corrected chi connectivity index (χ1v) is 6.54. The summed E-state index contributed by atoms with van der Waals surface area (Å²) < 4.78 is 13.1. The zero-order valence-electron chi connectivity index (χ0n) is 9.90. The van der Waals surface area contributed by atoms with Crippen LogP contribution in [-0.2, 0) is 0 Å². The van der Waals surface area contributed by atoms with Crippen LogP contribution in [0, 0.1) is 12.7 Å². The van der Waals surface area contributed by atoms with E-state index in [0.717, 1.165) is 23.4 Å². The Hall–Kier alpha value is -1.26. The van der Waals surface area contributed by atoms with Crippen molar-refractivity contribution in [1.82, 2.24) is 10.3 Å². The van der Waals surface area contributed by atoms with Crippen LogP contribution in [0.3, 0.4) is 0 Å². The monoisotopic (exact) mass is 250 g/mol. The molecule has 0 radical (unpaired) electrons. The summed E-state index contributed by atoms with van der Waals surface area (Å²) >= 11 is 1.57. The Balaban J connectivity index is 2.39. The number of hydrogen-bond acceptors (Lipinski definition) is 3. The lowest BCUT2D eigenvalue weighted by Gasteiger charge is -2.18. The number of benzene rings is 1. The first-order chi connectivity index (χ1) is 8.22. The summed E-state index contributed by atoms with van der Waals surface area (Å²) in [5.74, 6) is -0.195. The summed E-state index contributed by atoms with van der Waals surface area (Å²) in [6, 6.07) is 4.94. The fourth-order valence-corrected chi connectivity index (χ4v) is 2.49. The smallest absolute Gasteiger partial charge is 0.123 e. The van der Waals surface area contributed by atoms with Crippen molar-refractivity contribution < 1.29 is 4.39 Å². The third-order valence-electron chi connectivity index (χ3n) is 2.70. The number of aryl methyl sites for hydroxylation is 1. The topological polar surface area (TPSA) is 24.9 Å². The second kappa shape index (κ2) is 5.38. The minimum atomic E-state index is -0.195. The van der Waals surface area contributed by atoms with Crippen molar-refractivity contribution in [2.45, 2.75) is 19.9 Å². The molecule has 1 unspecified atom stereocenters. The molecule has 1 atom stereocenters. The van der Waals surface area contributed by atoms with Gasteiger partial charge in [0, 0.05) is 5.38 Å². The molecule has 0 aliphatic heterocycles. The van der Waals surface area contributed by atoms with Gasteiger partial charge in [0.05, 0.1) is 17.2 Å². The highest BCUT2D eigenvalue weighted by Gasteiger charge is 2.16. The van der Waals surface area contributed by atoms with Gasteiger partial charge < -0.3 is 5.32 Å². The summed E-state index contributed by atoms with van der Waals surface area (Å²) in [6.07, 6.45) is 0. The molecule has 1 N–H and O–H groups in total. The van der Waals surface area contributed by atoms with Gasteiger partial charge in [-0.2, -0.15) is 0 Å². The molecule has 2 rings (SSSR count). The lowest BCUT2D eigenvalue weighted by molar-refractivity contribution is 0.603. The van der Waals surface area contributed by atoms with E-state index in [-0.39, 0.29) is 11.9 Å². The lowest BCUT2D eigenvalue weighted by atomic mass is 9.99. The van der Waals surface area contributed by atoms with E-state index in [0.29, 0.717) is 0 Å². The van der Waals surface area contributed by atoms with Gasteiger partial charge in [-0.15, -0.1) is 11.3 Å². The number of halogens is 1. The number of hydrogen-bond donors (Lipinski definition) is 1. The molecule has 0 saturated heterocycles. The number of thiazole rings is 1. The first kappa shape index (κ1) is 12.2. The maximum absolute atomic E-state index is 13.1. The van der Waals surface area contributed by atoms with Crippen molar-refractivity contribution in [1.29, 1.82) is 0 Å². The number of aromatic nitrogens is 1. The minimum absolute atomic E-state index is 0.0480. The van der Waals surface area contributed by atoms with Crippen molar-refractivity contribution in [3.8, 4) is 0 Å². The van der Waals surface area contributed by atoms with Gasteiger partial charge in [0.1, 0.15) is 5.82 Å². The number of rotatable bonds is 4. The van der Waals surface area contributed by atoms with E-state index in [4.69, 9.17) is 0 Å². The molecule has 0 spiro atoms. The summed E-state index contributed by atoms with van der Waals surface area (Å²) in [5, 5.41) is 5.41. The van der Waals surface area contributed by atoms with E-state index in [2.05, 4.69) is 17.2 Å². The molecule has 17 heavy (non-hydrogen) atoms. The Bertz CT molecular complexity index is 482. The fourth-order valence-electron chi connectivity index (χ4n) is 1.91. The normalized spacial score (nSPS) is 12.6. The molecule has 0 aliphatic rings. The Morgan fingerprint density at radius 2 is 2.29 bits per heavy atom. The molecular formula is C13H15FN2S. The Kier molecular flexibility index (Phi) is 3.86. The fraction of sp³-hybridized carbons (Fsp3) is 0.308. The predicted molar refractivity (Wildman–Crippen MR) is 68.8 cm³/mol. The van der Waals surface area contributed by atoms with Gasteiger partial charge >= 0.3 is 0 Å². The van der Waals surface area contributed by atoms with Gasteiger partial charge in [-0.3, -0.25) is 0 Å². The summed E-state index contributed by atoms with van der Waals surface area (Å²) in [7, 11) is 0. The maximum Gasteiger partial charge on any atom is 0.123 e.